The second-order valence-electron chi connectivity index (χ2n) is 3.75. The van der Waals surface area contributed by atoms with Crippen molar-refractivity contribution in [3.8, 4) is 0 Å². The van der Waals surface area contributed by atoms with Gasteiger partial charge >= 0.3 is 0 Å². The van der Waals surface area contributed by atoms with E-state index in [0.29, 0.717) is 17.7 Å². The molecule has 14 heavy (non-hydrogen) atoms. The maximum absolute atomic E-state index is 5.65. The van der Waals surface area contributed by atoms with Crippen LogP contribution in [0.4, 0.5) is 11.6 Å². The first-order valence-electron chi connectivity index (χ1n) is 5.02. The normalized spacial score (nSPS) is 22.1. The Morgan fingerprint density at radius 1 is 1.21 bits per heavy atom. The van der Waals surface area contributed by atoms with Crippen molar-refractivity contribution in [1.82, 2.24) is 10.3 Å². The van der Waals surface area contributed by atoms with Gasteiger partial charge in [-0.3, -0.25) is 0 Å². The lowest BCUT2D eigenvalue weighted by Gasteiger charge is -2.24. The highest BCUT2D eigenvalue weighted by molar-refractivity contribution is 5.44. The van der Waals surface area contributed by atoms with E-state index in [4.69, 9.17) is 11.5 Å². The Morgan fingerprint density at radius 2 is 1.93 bits per heavy atom. The molecule has 4 nitrogen and oxygen atoms in total. The number of nitrogens with one attached hydrogen (secondary N) is 1. The number of rotatable bonds is 1. The lowest BCUT2D eigenvalue weighted by molar-refractivity contribution is 0.412. The van der Waals surface area contributed by atoms with Crippen LogP contribution in [0.2, 0.25) is 0 Å². The molecule has 1 fully saturated rings. The Balaban J connectivity index is 2.21. The van der Waals surface area contributed by atoms with Gasteiger partial charge in [-0.1, -0.05) is 6.42 Å². The van der Waals surface area contributed by atoms with Crippen molar-refractivity contribution in [3.05, 3.63) is 17.7 Å². The summed E-state index contributed by atoms with van der Waals surface area (Å²) in [4.78, 5) is 3.96. The minimum absolute atomic E-state index is 0.399. The van der Waals surface area contributed by atoms with Crippen LogP contribution in [-0.2, 0) is 0 Å². The van der Waals surface area contributed by atoms with E-state index in [1.165, 1.54) is 12.8 Å². The topological polar surface area (TPSA) is 77.0 Å². The summed E-state index contributed by atoms with van der Waals surface area (Å²) in [5, 5.41) is 3.45. The molecule has 0 aromatic carbocycles. The van der Waals surface area contributed by atoms with Crippen molar-refractivity contribution in [2.75, 3.05) is 18.0 Å². The van der Waals surface area contributed by atoms with Crippen molar-refractivity contribution in [1.29, 1.82) is 0 Å². The minimum atomic E-state index is 0.399. The van der Waals surface area contributed by atoms with E-state index >= 15 is 0 Å². The van der Waals surface area contributed by atoms with Crippen LogP contribution in [0.15, 0.2) is 12.1 Å². The Bertz CT molecular complexity index is 298. The zero-order valence-electron chi connectivity index (χ0n) is 8.16. The van der Waals surface area contributed by atoms with E-state index < -0.39 is 0 Å². The molecule has 0 unspecified atom stereocenters. The first kappa shape index (κ1) is 9.27. The number of hydrogen-bond acceptors (Lipinski definition) is 4. The molecule has 5 N–H and O–H groups in total. The van der Waals surface area contributed by atoms with Crippen molar-refractivity contribution >= 4 is 11.6 Å². The number of pyridine rings is 1. The molecule has 0 spiro atoms. The number of anilines is 2. The van der Waals surface area contributed by atoms with E-state index in [1.807, 2.05) is 12.1 Å². The minimum Gasteiger partial charge on any atom is -0.384 e. The molecule has 1 aromatic rings. The third-order valence-corrected chi connectivity index (χ3v) is 2.60. The fraction of sp³-hybridized carbons (Fsp3) is 0.500. The van der Waals surface area contributed by atoms with Crippen LogP contribution in [-0.4, -0.2) is 11.5 Å². The van der Waals surface area contributed by atoms with Gasteiger partial charge in [0.2, 0.25) is 0 Å². The number of hydrogen-bond donors (Lipinski definition) is 3. The number of piperidine rings is 1. The van der Waals surface area contributed by atoms with Gasteiger partial charge in [0, 0.05) is 6.04 Å². The van der Waals surface area contributed by atoms with Crippen LogP contribution in [0.1, 0.15) is 30.9 Å². The van der Waals surface area contributed by atoms with E-state index in [-0.39, 0.29) is 0 Å². The highest BCUT2D eigenvalue weighted by atomic mass is 14.9. The standard InChI is InChI=1S/C10H16N4/c11-9-5-7(6-10(12)14-9)8-3-1-2-4-13-8/h5-6,8,13H,1-4H2,(H4,11,12,14)/t8-/m0/s1. The van der Waals surface area contributed by atoms with E-state index in [9.17, 15) is 0 Å². The molecule has 0 radical (unpaired) electrons. The lowest BCUT2D eigenvalue weighted by atomic mass is 9.98. The first-order chi connectivity index (χ1) is 6.75. The van der Waals surface area contributed by atoms with Crippen LogP contribution in [0.25, 0.3) is 0 Å². The summed E-state index contributed by atoms with van der Waals surface area (Å²) in [6, 6.07) is 4.20. The molecule has 0 aliphatic carbocycles. The smallest absolute Gasteiger partial charge is 0.126 e. The Kier molecular flexibility index (Phi) is 2.54. The highest BCUT2D eigenvalue weighted by Gasteiger charge is 2.15. The molecule has 2 heterocycles. The van der Waals surface area contributed by atoms with Crippen molar-refractivity contribution < 1.29 is 0 Å². The van der Waals surface area contributed by atoms with E-state index in [1.54, 1.807) is 0 Å². The van der Waals surface area contributed by atoms with Gasteiger partial charge in [-0.25, -0.2) is 4.98 Å². The van der Waals surface area contributed by atoms with E-state index in [0.717, 1.165) is 18.5 Å². The molecule has 0 amide bonds. The molecule has 4 heteroatoms. The quantitative estimate of drug-likeness (QED) is 0.621. The van der Waals surface area contributed by atoms with Gasteiger partial charge in [0.05, 0.1) is 0 Å². The van der Waals surface area contributed by atoms with Gasteiger partial charge in [0.25, 0.3) is 0 Å². The number of nitrogens with zero attached hydrogens (tertiary/aromatic N) is 1. The Labute approximate surface area is 83.7 Å². The molecular weight excluding hydrogens is 176 g/mol. The molecule has 1 aromatic heterocycles. The molecule has 1 saturated heterocycles. The van der Waals surface area contributed by atoms with Crippen LogP contribution in [0.5, 0.6) is 0 Å². The number of aromatic nitrogens is 1. The largest absolute Gasteiger partial charge is 0.384 e. The summed E-state index contributed by atoms with van der Waals surface area (Å²) in [6.07, 6.45) is 3.68. The maximum atomic E-state index is 5.65. The molecule has 2 rings (SSSR count). The van der Waals surface area contributed by atoms with Gasteiger partial charge in [0.1, 0.15) is 11.6 Å². The van der Waals surface area contributed by atoms with Crippen LogP contribution in [0.3, 0.4) is 0 Å². The molecule has 1 atom stereocenters. The Hall–Kier alpha value is -1.29. The third kappa shape index (κ3) is 1.96. The molecular formula is C10H16N4. The van der Waals surface area contributed by atoms with Crippen LogP contribution < -0.4 is 16.8 Å². The highest BCUT2D eigenvalue weighted by Crippen LogP contribution is 2.24. The molecule has 0 saturated carbocycles. The van der Waals surface area contributed by atoms with Gasteiger partial charge in [-0.2, -0.15) is 0 Å². The summed E-state index contributed by atoms with van der Waals surface area (Å²) in [5.74, 6) is 1.01. The van der Waals surface area contributed by atoms with Crippen molar-refractivity contribution in [2.45, 2.75) is 25.3 Å². The SMILES string of the molecule is Nc1cc([C@@H]2CCCCN2)cc(N)n1. The summed E-state index contributed by atoms with van der Waals surface area (Å²) in [7, 11) is 0. The van der Waals surface area contributed by atoms with Crippen LogP contribution in [0, 0.1) is 0 Å². The lowest BCUT2D eigenvalue weighted by Crippen LogP contribution is -2.27. The molecule has 1 aliphatic heterocycles. The summed E-state index contributed by atoms with van der Waals surface area (Å²) >= 11 is 0. The fourth-order valence-corrected chi connectivity index (χ4v) is 1.93. The monoisotopic (exact) mass is 192 g/mol. The van der Waals surface area contributed by atoms with Gasteiger partial charge in [-0.15, -0.1) is 0 Å². The second kappa shape index (κ2) is 3.84. The van der Waals surface area contributed by atoms with Crippen molar-refractivity contribution in [3.63, 3.8) is 0 Å². The zero-order chi connectivity index (χ0) is 9.97. The Morgan fingerprint density at radius 3 is 2.50 bits per heavy atom. The second-order valence-corrected chi connectivity index (χ2v) is 3.75. The van der Waals surface area contributed by atoms with Gasteiger partial charge < -0.3 is 16.8 Å². The zero-order valence-corrected chi connectivity index (χ0v) is 8.16. The summed E-state index contributed by atoms with van der Waals surface area (Å²) < 4.78 is 0. The average Bonchev–Trinajstić information content (AvgIpc) is 2.18. The average molecular weight is 192 g/mol. The van der Waals surface area contributed by atoms with Crippen LogP contribution >= 0.6 is 0 Å². The number of nitrogen functional groups attached to an aromatic ring is 2. The van der Waals surface area contributed by atoms with E-state index in [2.05, 4.69) is 10.3 Å². The predicted octanol–water partition coefficient (Wildman–Crippen LogP) is 1.06. The summed E-state index contributed by atoms with van der Waals surface area (Å²) in [5.41, 5.74) is 12.5. The summed E-state index contributed by atoms with van der Waals surface area (Å²) in [6.45, 7) is 1.08. The predicted molar refractivity (Wildman–Crippen MR) is 57.7 cm³/mol. The van der Waals surface area contributed by atoms with Gasteiger partial charge in [0.15, 0.2) is 0 Å². The third-order valence-electron chi connectivity index (χ3n) is 2.60. The van der Waals surface area contributed by atoms with Crippen molar-refractivity contribution in [2.24, 2.45) is 0 Å². The van der Waals surface area contributed by atoms with Gasteiger partial charge in [-0.05, 0) is 37.1 Å². The molecule has 76 valence electrons. The number of nitrogens with two attached hydrogens (primary N) is 2. The molecule has 0 bridgehead atoms. The first-order valence-corrected chi connectivity index (χ1v) is 5.02. The molecule has 1 aliphatic rings. The fourth-order valence-electron chi connectivity index (χ4n) is 1.93. The maximum Gasteiger partial charge on any atom is 0.126 e.